The molecule has 3 heterocycles. The molecule has 146 valence electrons. The number of aliphatic imine (C=N–C) groups is 1. The van der Waals surface area contributed by atoms with Gasteiger partial charge in [-0.1, -0.05) is 42.4 Å². The summed E-state index contributed by atoms with van der Waals surface area (Å²) < 4.78 is 7.69. The van der Waals surface area contributed by atoms with Gasteiger partial charge >= 0.3 is 0 Å². The van der Waals surface area contributed by atoms with Gasteiger partial charge in [-0.2, -0.15) is 0 Å². The molecule has 0 bridgehead atoms. The largest absolute Gasteiger partial charge is 0.356 e. The molecule has 1 fully saturated rings. The first-order valence-electron chi connectivity index (χ1n) is 9.68. The minimum atomic E-state index is 0.395. The Balaban J connectivity index is 1.39. The number of nitrogens with one attached hydrogen (secondary N) is 1. The second-order valence-electron chi connectivity index (χ2n) is 7.24. The Morgan fingerprint density at radius 3 is 2.93 bits per heavy atom. The van der Waals surface area contributed by atoms with E-state index < -0.39 is 0 Å². The maximum atomic E-state index is 5.49. The van der Waals surface area contributed by atoms with Crippen molar-refractivity contribution in [1.29, 1.82) is 0 Å². The second kappa shape index (κ2) is 8.29. The van der Waals surface area contributed by atoms with Crippen LogP contribution < -0.4 is 5.32 Å². The van der Waals surface area contributed by atoms with Crippen LogP contribution in [0, 0.1) is 5.92 Å². The molecule has 0 saturated carbocycles. The summed E-state index contributed by atoms with van der Waals surface area (Å²) in [5, 5.41) is 7.62. The van der Waals surface area contributed by atoms with Gasteiger partial charge in [0.25, 0.3) is 0 Å². The zero-order valence-electron chi connectivity index (χ0n) is 16.3. The zero-order chi connectivity index (χ0) is 19.3. The molecule has 28 heavy (non-hydrogen) atoms. The van der Waals surface area contributed by atoms with Crippen LogP contribution in [0.1, 0.15) is 25.1 Å². The van der Waals surface area contributed by atoms with E-state index in [0.29, 0.717) is 18.5 Å². The van der Waals surface area contributed by atoms with Gasteiger partial charge in [-0.15, -0.1) is 0 Å². The lowest BCUT2D eigenvalue weighted by molar-refractivity contribution is 0.189. The Morgan fingerprint density at radius 2 is 2.18 bits per heavy atom. The number of hydrogen-bond donors (Lipinski definition) is 1. The number of benzene rings is 1. The van der Waals surface area contributed by atoms with Gasteiger partial charge in [0.05, 0.1) is 18.9 Å². The van der Waals surface area contributed by atoms with Crippen molar-refractivity contribution < 1.29 is 4.52 Å². The second-order valence-corrected chi connectivity index (χ2v) is 7.24. The van der Waals surface area contributed by atoms with E-state index in [1.807, 2.05) is 62.2 Å². The van der Waals surface area contributed by atoms with Crippen LogP contribution in [0.3, 0.4) is 0 Å². The van der Waals surface area contributed by atoms with Gasteiger partial charge in [-0.3, -0.25) is 4.99 Å². The first-order valence-corrected chi connectivity index (χ1v) is 9.68. The highest BCUT2D eigenvalue weighted by Crippen LogP contribution is 2.27. The highest BCUT2D eigenvalue weighted by Gasteiger charge is 2.28. The predicted molar refractivity (Wildman–Crippen MR) is 109 cm³/mol. The van der Waals surface area contributed by atoms with E-state index in [-0.39, 0.29) is 0 Å². The van der Waals surface area contributed by atoms with Crippen LogP contribution in [0.25, 0.3) is 11.3 Å². The molecule has 4 rings (SSSR count). The van der Waals surface area contributed by atoms with Crippen molar-refractivity contribution in [3.05, 3.63) is 60.8 Å². The van der Waals surface area contributed by atoms with Gasteiger partial charge in [-0.05, 0) is 12.3 Å². The predicted octanol–water partition coefficient (Wildman–Crippen LogP) is 3.20. The van der Waals surface area contributed by atoms with E-state index in [9.17, 15) is 0 Å². The third-order valence-electron chi connectivity index (χ3n) is 5.38. The fourth-order valence-corrected chi connectivity index (χ4v) is 3.73. The van der Waals surface area contributed by atoms with Crippen molar-refractivity contribution in [1.82, 2.24) is 24.9 Å². The molecule has 7 heteroatoms. The summed E-state index contributed by atoms with van der Waals surface area (Å²) in [7, 11) is 1.82. The van der Waals surface area contributed by atoms with Crippen LogP contribution in [-0.4, -0.2) is 45.7 Å². The van der Waals surface area contributed by atoms with Gasteiger partial charge in [0.1, 0.15) is 5.69 Å². The molecule has 1 aliphatic rings. The average molecular weight is 378 g/mol. The van der Waals surface area contributed by atoms with E-state index in [1.165, 1.54) is 0 Å². The minimum absolute atomic E-state index is 0.395. The van der Waals surface area contributed by atoms with Gasteiger partial charge in [0, 0.05) is 44.2 Å². The van der Waals surface area contributed by atoms with E-state index in [1.54, 1.807) is 0 Å². The van der Waals surface area contributed by atoms with Crippen LogP contribution in [-0.2, 0) is 6.54 Å². The number of guanidine groups is 1. The Kier molecular flexibility index (Phi) is 5.41. The molecule has 2 aromatic heterocycles. The fraction of sp³-hybridized carbons (Fsp3) is 0.381. The normalized spacial score (nSPS) is 20.4. The maximum Gasteiger partial charge on any atom is 0.194 e. The lowest BCUT2D eigenvalue weighted by Crippen LogP contribution is -2.48. The first kappa shape index (κ1) is 18.3. The summed E-state index contributed by atoms with van der Waals surface area (Å²) in [4.78, 5) is 11.0. The van der Waals surface area contributed by atoms with E-state index in [0.717, 1.165) is 42.5 Å². The number of rotatable bonds is 4. The molecule has 1 aromatic carbocycles. The molecule has 0 spiro atoms. The number of likely N-dealkylation sites (tertiary alicyclic amines) is 1. The molecule has 2 atom stereocenters. The molecule has 1 N–H and O–H groups in total. The van der Waals surface area contributed by atoms with Crippen molar-refractivity contribution in [3.8, 4) is 11.3 Å². The summed E-state index contributed by atoms with van der Waals surface area (Å²) in [6, 6.07) is 12.4. The number of imidazole rings is 1. The number of piperidine rings is 1. The molecular weight excluding hydrogens is 352 g/mol. The summed E-state index contributed by atoms with van der Waals surface area (Å²) in [6.07, 6.45) is 6.90. The first-order chi connectivity index (χ1) is 13.7. The molecule has 1 saturated heterocycles. The zero-order valence-corrected chi connectivity index (χ0v) is 16.3. The van der Waals surface area contributed by atoms with E-state index in [2.05, 4.69) is 36.8 Å². The molecule has 3 aromatic rings. The van der Waals surface area contributed by atoms with Gasteiger partial charge in [0.2, 0.25) is 0 Å². The Hall–Kier alpha value is -3.09. The smallest absolute Gasteiger partial charge is 0.194 e. The third-order valence-corrected chi connectivity index (χ3v) is 5.38. The highest BCUT2D eigenvalue weighted by atomic mass is 16.5. The molecular formula is C21H26N6O. The van der Waals surface area contributed by atoms with Crippen molar-refractivity contribution in [3.63, 3.8) is 0 Å². The lowest BCUT2D eigenvalue weighted by Gasteiger charge is -2.39. The number of nitrogens with zero attached hydrogens (tertiary/aromatic N) is 5. The summed E-state index contributed by atoms with van der Waals surface area (Å²) >= 11 is 0. The standard InChI is InChI=1S/C21H26N6O/c1-16-8-10-26(14-19(16)27-11-9-23-15-27)21(22-2)24-13-18-12-20(28-25-18)17-6-4-3-5-7-17/h3-7,9,11-12,15-16,19H,8,10,13-14H2,1-2H3,(H,22,24). The Morgan fingerprint density at radius 1 is 1.32 bits per heavy atom. The molecule has 0 aliphatic carbocycles. The summed E-state index contributed by atoms with van der Waals surface area (Å²) in [5.74, 6) is 2.27. The quantitative estimate of drug-likeness (QED) is 0.558. The molecule has 1 aliphatic heterocycles. The van der Waals surface area contributed by atoms with Crippen molar-refractivity contribution in [2.24, 2.45) is 10.9 Å². The molecule has 0 amide bonds. The highest BCUT2D eigenvalue weighted by molar-refractivity contribution is 5.80. The Labute approximate surface area is 165 Å². The van der Waals surface area contributed by atoms with Gasteiger partial charge < -0.3 is 19.3 Å². The van der Waals surface area contributed by atoms with Crippen molar-refractivity contribution >= 4 is 5.96 Å². The van der Waals surface area contributed by atoms with Crippen molar-refractivity contribution in [2.75, 3.05) is 20.1 Å². The molecule has 0 radical (unpaired) electrons. The van der Waals surface area contributed by atoms with Gasteiger partial charge in [-0.25, -0.2) is 4.98 Å². The number of hydrogen-bond acceptors (Lipinski definition) is 4. The van der Waals surface area contributed by atoms with Crippen LogP contribution >= 0.6 is 0 Å². The van der Waals surface area contributed by atoms with E-state index >= 15 is 0 Å². The Bertz CT molecular complexity index is 902. The number of aromatic nitrogens is 3. The van der Waals surface area contributed by atoms with Crippen LogP contribution in [0.4, 0.5) is 0 Å². The van der Waals surface area contributed by atoms with E-state index in [4.69, 9.17) is 4.52 Å². The van der Waals surface area contributed by atoms with Crippen LogP contribution in [0.2, 0.25) is 0 Å². The third kappa shape index (κ3) is 3.93. The molecule has 7 nitrogen and oxygen atoms in total. The maximum absolute atomic E-state index is 5.49. The van der Waals surface area contributed by atoms with Crippen LogP contribution in [0.15, 0.2) is 64.6 Å². The monoisotopic (exact) mass is 378 g/mol. The van der Waals surface area contributed by atoms with Crippen LogP contribution in [0.5, 0.6) is 0 Å². The van der Waals surface area contributed by atoms with Gasteiger partial charge in [0.15, 0.2) is 11.7 Å². The minimum Gasteiger partial charge on any atom is -0.356 e. The molecule has 2 unspecified atom stereocenters. The SMILES string of the molecule is CN=C(NCc1cc(-c2ccccc2)on1)N1CCC(C)C(n2ccnc2)C1. The lowest BCUT2D eigenvalue weighted by atomic mass is 9.93. The summed E-state index contributed by atoms with van der Waals surface area (Å²) in [5.41, 5.74) is 1.88. The fourth-order valence-electron chi connectivity index (χ4n) is 3.73. The topological polar surface area (TPSA) is 71.5 Å². The van der Waals surface area contributed by atoms with Crippen molar-refractivity contribution in [2.45, 2.75) is 25.9 Å². The average Bonchev–Trinajstić information content (AvgIpc) is 3.42. The summed E-state index contributed by atoms with van der Waals surface area (Å²) in [6.45, 7) is 4.77.